The van der Waals surface area contributed by atoms with E-state index in [1.54, 1.807) is 19.1 Å². The predicted octanol–water partition coefficient (Wildman–Crippen LogP) is 6.33. The number of hydrogen-bond acceptors (Lipinski definition) is 4. The van der Waals surface area contributed by atoms with Crippen LogP contribution in [0.25, 0.3) is 17.0 Å². The van der Waals surface area contributed by atoms with E-state index >= 15 is 0 Å². The molecule has 35 heavy (non-hydrogen) atoms. The van der Waals surface area contributed by atoms with Gasteiger partial charge in [-0.15, -0.1) is 0 Å². The molecule has 1 aliphatic rings. The Kier molecular flexibility index (Phi) is 5.86. The summed E-state index contributed by atoms with van der Waals surface area (Å²) in [5, 5.41) is 7.54. The second-order valence-electron chi connectivity index (χ2n) is 8.19. The first kappa shape index (κ1) is 22.8. The standard InChI is InChI=1S/C26H19F3N4OS/c1-14-4-3-5-17(10-14)24-31-25(34-32-24)22-15(2)33(21-12-19(28)11-20(29)13-21)26(35)30-23(22)16-6-8-18(27)9-7-16/h3-13,23H,1-2H3,(H,30,35). The van der Waals surface area contributed by atoms with E-state index in [1.807, 2.05) is 31.2 Å². The molecule has 0 radical (unpaired) electrons. The number of nitrogens with one attached hydrogen (secondary N) is 1. The van der Waals surface area contributed by atoms with E-state index in [1.165, 1.54) is 29.2 Å². The normalized spacial score (nSPS) is 16.0. The third kappa shape index (κ3) is 4.42. The number of aromatic nitrogens is 2. The molecule has 1 N–H and O–H groups in total. The third-order valence-corrected chi connectivity index (χ3v) is 6.03. The lowest BCUT2D eigenvalue weighted by Crippen LogP contribution is -2.46. The second kappa shape index (κ2) is 8.99. The van der Waals surface area contributed by atoms with Crippen molar-refractivity contribution >= 4 is 28.6 Å². The minimum Gasteiger partial charge on any atom is -0.351 e. The number of benzene rings is 3. The summed E-state index contributed by atoms with van der Waals surface area (Å²) in [5.74, 6) is -1.27. The summed E-state index contributed by atoms with van der Waals surface area (Å²) in [7, 11) is 0. The van der Waals surface area contributed by atoms with Crippen molar-refractivity contribution in [1.82, 2.24) is 15.5 Å². The molecular formula is C26H19F3N4OS. The number of anilines is 1. The number of allylic oxidation sites excluding steroid dienone is 1. The number of halogens is 3. The van der Waals surface area contributed by atoms with Crippen molar-refractivity contribution in [2.45, 2.75) is 19.9 Å². The Morgan fingerprint density at radius 2 is 1.63 bits per heavy atom. The maximum absolute atomic E-state index is 14.0. The van der Waals surface area contributed by atoms with Crippen molar-refractivity contribution in [2.75, 3.05) is 4.90 Å². The van der Waals surface area contributed by atoms with Crippen molar-refractivity contribution in [3.63, 3.8) is 0 Å². The van der Waals surface area contributed by atoms with Crippen LogP contribution in [-0.2, 0) is 0 Å². The van der Waals surface area contributed by atoms with Crippen LogP contribution in [0.1, 0.15) is 30.0 Å². The van der Waals surface area contributed by atoms with Crippen LogP contribution in [0.2, 0.25) is 0 Å². The molecule has 1 atom stereocenters. The van der Waals surface area contributed by atoms with E-state index in [-0.39, 0.29) is 22.5 Å². The number of nitrogens with zero attached hydrogens (tertiary/aromatic N) is 3. The van der Waals surface area contributed by atoms with Gasteiger partial charge in [0.25, 0.3) is 5.89 Å². The molecule has 176 valence electrons. The van der Waals surface area contributed by atoms with Gasteiger partial charge in [0.05, 0.1) is 17.3 Å². The van der Waals surface area contributed by atoms with Crippen LogP contribution < -0.4 is 10.2 Å². The van der Waals surface area contributed by atoms with Crippen molar-refractivity contribution in [2.24, 2.45) is 0 Å². The Hall–Kier alpha value is -3.98. The average molecular weight is 493 g/mol. The molecule has 0 spiro atoms. The SMILES string of the molecule is CC1=C(c2nc(-c3cccc(C)c3)no2)C(c2ccc(F)cc2)NC(=S)N1c1cc(F)cc(F)c1. The first-order valence-corrected chi connectivity index (χ1v) is 11.1. The Balaban J connectivity index is 1.67. The molecule has 1 aliphatic heterocycles. The van der Waals surface area contributed by atoms with E-state index in [2.05, 4.69) is 15.5 Å². The number of thiocarbonyl (C=S) groups is 1. The molecule has 0 aliphatic carbocycles. The molecule has 1 unspecified atom stereocenters. The van der Waals surface area contributed by atoms with Crippen LogP contribution in [0.4, 0.5) is 18.9 Å². The maximum atomic E-state index is 14.0. The molecule has 3 aromatic carbocycles. The largest absolute Gasteiger partial charge is 0.351 e. The molecule has 0 bridgehead atoms. The van der Waals surface area contributed by atoms with Gasteiger partial charge in [-0.05, 0) is 62.0 Å². The van der Waals surface area contributed by atoms with Crippen LogP contribution in [-0.4, -0.2) is 15.3 Å². The minimum atomic E-state index is -0.739. The van der Waals surface area contributed by atoms with Gasteiger partial charge in [0, 0.05) is 17.3 Å². The van der Waals surface area contributed by atoms with E-state index in [0.717, 1.165) is 17.2 Å². The molecule has 9 heteroatoms. The quantitative estimate of drug-likeness (QED) is 0.336. The Morgan fingerprint density at radius 3 is 2.31 bits per heavy atom. The van der Waals surface area contributed by atoms with E-state index in [9.17, 15) is 13.2 Å². The van der Waals surface area contributed by atoms with Crippen LogP contribution >= 0.6 is 12.2 Å². The third-order valence-electron chi connectivity index (χ3n) is 5.73. The van der Waals surface area contributed by atoms with Gasteiger partial charge in [0.1, 0.15) is 17.5 Å². The van der Waals surface area contributed by atoms with Gasteiger partial charge in [0.15, 0.2) is 5.11 Å². The molecule has 5 nitrogen and oxygen atoms in total. The molecule has 0 saturated carbocycles. The highest BCUT2D eigenvalue weighted by Gasteiger charge is 2.35. The van der Waals surface area contributed by atoms with Gasteiger partial charge in [-0.3, -0.25) is 4.90 Å². The van der Waals surface area contributed by atoms with Crippen LogP contribution in [0.3, 0.4) is 0 Å². The smallest absolute Gasteiger partial charge is 0.258 e. The van der Waals surface area contributed by atoms with E-state index in [0.29, 0.717) is 22.7 Å². The Labute approximate surface area is 204 Å². The Morgan fingerprint density at radius 1 is 0.914 bits per heavy atom. The lowest BCUT2D eigenvalue weighted by atomic mass is 9.94. The first-order chi connectivity index (χ1) is 16.8. The fraction of sp³-hybridized carbons (Fsp3) is 0.115. The van der Waals surface area contributed by atoms with Gasteiger partial charge < -0.3 is 9.84 Å². The van der Waals surface area contributed by atoms with E-state index in [4.69, 9.17) is 16.7 Å². The highest BCUT2D eigenvalue weighted by molar-refractivity contribution is 7.80. The van der Waals surface area contributed by atoms with Gasteiger partial charge in [0.2, 0.25) is 5.82 Å². The van der Waals surface area contributed by atoms with Crippen LogP contribution in [0.15, 0.2) is 77.0 Å². The molecule has 4 aromatic rings. The van der Waals surface area contributed by atoms with Crippen molar-refractivity contribution in [1.29, 1.82) is 0 Å². The molecule has 2 heterocycles. The summed E-state index contributed by atoms with van der Waals surface area (Å²) in [6.45, 7) is 3.71. The summed E-state index contributed by atoms with van der Waals surface area (Å²) < 4.78 is 47.4. The molecule has 5 rings (SSSR count). The topological polar surface area (TPSA) is 54.2 Å². The zero-order chi connectivity index (χ0) is 24.7. The zero-order valence-corrected chi connectivity index (χ0v) is 19.5. The van der Waals surface area contributed by atoms with Crippen molar-refractivity contribution in [3.8, 4) is 11.4 Å². The minimum absolute atomic E-state index is 0.199. The van der Waals surface area contributed by atoms with Gasteiger partial charge >= 0.3 is 0 Å². The van der Waals surface area contributed by atoms with Crippen molar-refractivity contribution in [3.05, 3.63) is 107 Å². The number of hydrogen-bond donors (Lipinski definition) is 1. The van der Waals surface area contributed by atoms with Crippen molar-refractivity contribution < 1.29 is 17.7 Å². The highest BCUT2D eigenvalue weighted by atomic mass is 32.1. The fourth-order valence-electron chi connectivity index (χ4n) is 4.14. The van der Waals surface area contributed by atoms with Gasteiger partial charge in [-0.1, -0.05) is 41.1 Å². The molecule has 1 aromatic heterocycles. The van der Waals surface area contributed by atoms with Gasteiger partial charge in [-0.2, -0.15) is 4.98 Å². The van der Waals surface area contributed by atoms with Crippen LogP contribution in [0.5, 0.6) is 0 Å². The van der Waals surface area contributed by atoms with Gasteiger partial charge in [-0.25, -0.2) is 13.2 Å². The Bertz CT molecular complexity index is 1450. The first-order valence-electron chi connectivity index (χ1n) is 10.7. The number of rotatable bonds is 4. The zero-order valence-electron chi connectivity index (χ0n) is 18.7. The summed E-state index contributed by atoms with van der Waals surface area (Å²) in [6.07, 6.45) is 0. The monoisotopic (exact) mass is 492 g/mol. The highest BCUT2D eigenvalue weighted by Crippen LogP contribution is 2.39. The predicted molar refractivity (Wildman–Crippen MR) is 131 cm³/mol. The maximum Gasteiger partial charge on any atom is 0.258 e. The lowest BCUT2D eigenvalue weighted by Gasteiger charge is -2.37. The fourth-order valence-corrected chi connectivity index (χ4v) is 4.50. The molecule has 0 saturated heterocycles. The van der Waals surface area contributed by atoms with E-state index < -0.39 is 17.7 Å². The second-order valence-corrected chi connectivity index (χ2v) is 8.58. The lowest BCUT2D eigenvalue weighted by molar-refractivity contribution is 0.404. The summed E-state index contributed by atoms with van der Waals surface area (Å²) in [6, 6.07) is 16.2. The summed E-state index contributed by atoms with van der Waals surface area (Å²) >= 11 is 5.57. The molecular weight excluding hydrogens is 473 g/mol. The average Bonchev–Trinajstić information content (AvgIpc) is 3.28. The van der Waals surface area contributed by atoms with Crippen LogP contribution in [0, 0.1) is 24.4 Å². The molecule has 0 fully saturated rings. The summed E-state index contributed by atoms with van der Waals surface area (Å²) in [5.41, 5.74) is 3.79. The summed E-state index contributed by atoms with van der Waals surface area (Å²) in [4.78, 5) is 6.12. The number of aryl methyl sites for hydroxylation is 1. The molecule has 0 amide bonds.